The van der Waals surface area contributed by atoms with Crippen molar-refractivity contribution in [3.8, 4) is 5.75 Å². The van der Waals surface area contributed by atoms with Crippen LogP contribution in [0.4, 0.5) is 13.2 Å². The predicted octanol–water partition coefficient (Wildman–Crippen LogP) is 2.67. The van der Waals surface area contributed by atoms with Crippen LogP contribution in [0.2, 0.25) is 0 Å². The smallest absolute Gasteiger partial charge is 0.406 e. The first kappa shape index (κ1) is 14.3. The van der Waals surface area contributed by atoms with E-state index in [-0.39, 0.29) is 5.75 Å². The number of benzene rings is 1. The molecule has 0 aliphatic carbocycles. The van der Waals surface area contributed by atoms with E-state index in [1.54, 1.807) is 18.3 Å². The maximum absolute atomic E-state index is 12.1. The van der Waals surface area contributed by atoms with Gasteiger partial charge in [-0.05, 0) is 29.8 Å². The van der Waals surface area contributed by atoms with Gasteiger partial charge in [0, 0.05) is 19.3 Å². The molecule has 0 amide bonds. The first-order valence-corrected chi connectivity index (χ1v) is 5.85. The van der Waals surface area contributed by atoms with Crippen LogP contribution in [0.1, 0.15) is 11.3 Å². The van der Waals surface area contributed by atoms with Crippen LogP contribution in [0.25, 0.3) is 0 Å². The fourth-order valence-electron chi connectivity index (χ4n) is 1.62. The van der Waals surface area contributed by atoms with Crippen molar-refractivity contribution in [3.05, 3.63) is 53.9 Å². The van der Waals surface area contributed by atoms with Gasteiger partial charge in [0.2, 0.25) is 0 Å². The van der Waals surface area contributed by atoms with Gasteiger partial charge in [-0.25, -0.2) is 0 Å². The number of alkyl halides is 3. The molecule has 20 heavy (non-hydrogen) atoms. The zero-order valence-electron chi connectivity index (χ0n) is 10.4. The molecule has 1 aromatic heterocycles. The third-order valence-electron chi connectivity index (χ3n) is 2.39. The van der Waals surface area contributed by atoms with E-state index < -0.39 is 6.36 Å². The average Bonchev–Trinajstić information content (AvgIpc) is 2.38. The standard InChI is InChI=1S/C13H12F3N3O/c14-13(15,16)20-12-5-1-3-10(7-12)8-17-9-11-4-2-6-18-19-11/h1-7,17H,8-9H2. The lowest BCUT2D eigenvalue weighted by Gasteiger charge is -2.10. The number of rotatable bonds is 5. The molecule has 0 aliphatic heterocycles. The number of hydrogen-bond donors (Lipinski definition) is 1. The van der Waals surface area contributed by atoms with Gasteiger partial charge < -0.3 is 10.1 Å². The van der Waals surface area contributed by atoms with Crippen molar-refractivity contribution in [2.45, 2.75) is 19.5 Å². The number of nitrogens with one attached hydrogen (secondary N) is 1. The maximum atomic E-state index is 12.1. The summed E-state index contributed by atoms with van der Waals surface area (Å²) in [4.78, 5) is 0. The van der Waals surface area contributed by atoms with Gasteiger partial charge in [-0.2, -0.15) is 10.2 Å². The van der Waals surface area contributed by atoms with Gasteiger partial charge in [-0.1, -0.05) is 12.1 Å². The van der Waals surface area contributed by atoms with E-state index in [1.165, 1.54) is 18.2 Å². The van der Waals surface area contributed by atoms with Crippen LogP contribution >= 0.6 is 0 Å². The molecule has 0 saturated carbocycles. The molecule has 0 spiro atoms. The van der Waals surface area contributed by atoms with Crippen LogP contribution in [0.15, 0.2) is 42.6 Å². The molecular weight excluding hydrogens is 271 g/mol. The lowest BCUT2D eigenvalue weighted by molar-refractivity contribution is -0.274. The Morgan fingerprint density at radius 1 is 1.10 bits per heavy atom. The Bertz CT molecular complexity index is 546. The monoisotopic (exact) mass is 283 g/mol. The maximum Gasteiger partial charge on any atom is 0.573 e. The van der Waals surface area contributed by atoms with Crippen LogP contribution in [-0.4, -0.2) is 16.6 Å². The fraction of sp³-hybridized carbons (Fsp3) is 0.231. The Morgan fingerprint density at radius 2 is 1.95 bits per heavy atom. The number of aromatic nitrogens is 2. The molecule has 1 heterocycles. The second-order valence-corrected chi connectivity index (χ2v) is 4.01. The Kier molecular flexibility index (Phi) is 4.52. The van der Waals surface area contributed by atoms with Crippen molar-refractivity contribution >= 4 is 0 Å². The Morgan fingerprint density at radius 3 is 2.65 bits per heavy atom. The summed E-state index contributed by atoms with van der Waals surface area (Å²) >= 11 is 0. The number of halogens is 3. The third kappa shape index (κ3) is 4.85. The lowest BCUT2D eigenvalue weighted by Crippen LogP contribution is -2.18. The molecule has 7 heteroatoms. The van der Waals surface area contributed by atoms with Gasteiger partial charge in [0.05, 0.1) is 5.69 Å². The minimum atomic E-state index is -4.67. The largest absolute Gasteiger partial charge is 0.573 e. The number of ether oxygens (including phenoxy) is 1. The molecule has 0 radical (unpaired) electrons. The van der Waals surface area contributed by atoms with Crippen LogP contribution < -0.4 is 10.1 Å². The number of nitrogens with zero attached hydrogens (tertiary/aromatic N) is 2. The Hall–Kier alpha value is -2.15. The van der Waals surface area contributed by atoms with Crippen LogP contribution in [-0.2, 0) is 13.1 Å². The average molecular weight is 283 g/mol. The Balaban J connectivity index is 1.88. The van der Waals surface area contributed by atoms with Crippen molar-refractivity contribution in [1.29, 1.82) is 0 Å². The molecule has 0 atom stereocenters. The first-order chi connectivity index (χ1) is 9.53. The van der Waals surface area contributed by atoms with Gasteiger partial charge in [0.25, 0.3) is 0 Å². The van der Waals surface area contributed by atoms with E-state index in [2.05, 4.69) is 20.3 Å². The van der Waals surface area contributed by atoms with E-state index in [0.717, 1.165) is 5.69 Å². The van der Waals surface area contributed by atoms with Crippen molar-refractivity contribution < 1.29 is 17.9 Å². The molecule has 0 saturated heterocycles. The molecule has 2 aromatic rings. The summed E-state index contributed by atoms with van der Waals surface area (Å²) in [6, 6.07) is 9.41. The van der Waals surface area contributed by atoms with E-state index in [1.807, 2.05) is 6.07 Å². The van der Waals surface area contributed by atoms with Crippen molar-refractivity contribution in [1.82, 2.24) is 15.5 Å². The van der Waals surface area contributed by atoms with E-state index in [9.17, 15) is 13.2 Å². The minimum Gasteiger partial charge on any atom is -0.406 e. The van der Waals surface area contributed by atoms with E-state index in [0.29, 0.717) is 18.7 Å². The highest BCUT2D eigenvalue weighted by molar-refractivity contribution is 5.28. The summed E-state index contributed by atoms with van der Waals surface area (Å²) in [6.45, 7) is 0.893. The summed E-state index contributed by atoms with van der Waals surface area (Å²) in [5.41, 5.74) is 1.45. The topological polar surface area (TPSA) is 47.0 Å². The molecular formula is C13H12F3N3O. The van der Waals surface area contributed by atoms with Gasteiger partial charge in [-0.3, -0.25) is 0 Å². The predicted molar refractivity (Wildman–Crippen MR) is 65.7 cm³/mol. The highest BCUT2D eigenvalue weighted by Crippen LogP contribution is 2.23. The quantitative estimate of drug-likeness (QED) is 0.916. The van der Waals surface area contributed by atoms with E-state index >= 15 is 0 Å². The van der Waals surface area contributed by atoms with Gasteiger partial charge in [0.15, 0.2) is 0 Å². The van der Waals surface area contributed by atoms with Gasteiger partial charge >= 0.3 is 6.36 Å². The summed E-state index contributed by atoms with van der Waals surface area (Å²) in [6.07, 6.45) is -3.10. The lowest BCUT2D eigenvalue weighted by atomic mass is 10.2. The molecule has 0 fully saturated rings. The summed E-state index contributed by atoms with van der Waals surface area (Å²) < 4.78 is 40.1. The summed E-state index contributed by atoms with van der Waals surface area (Å²) in [7, 11) is 0. The normalized spacial score (nSPS) is 11.3. The van der Waals surface area contributed by atoms with Crippen LogP contribution in [0.3, 0.4) is 0 Å². The van der Waals surface area contributed by atoms with Crippen molar-refractivity contribution in [2.24, 2.45) is 0 Å². The van der Waals surface area contributed by atoms with Gasteiger partial charge in [0.1, 0.15) is 5.75 Å². The molecule has 4 nitrogen and oxygen atoms in total. The highest BCUT2D eigenvalue weighted by Gasteiger charge is 2.31. The second-order valence-electron chi connectivity index (χ2n) is 4.01. The van der Waals surface area contributed by atoms with Crippen LogP contribution in [0, 0.1) is 0 Å². The summed E-state index contributed by atoms with van der Waals surface area (Å²) in [5.74, 6) is -0.226. The molecule has 106 valence electrons. The second kappa shape index (κ2) is 6.33. The number of hydrogen-bond acceptors (Lipinski definition) is 4. The highest BCUT2D eigenvalue weighted by atomic mass is 19.4. The zero-order valence-corrected chi connectivity index (χ0v) is 10.4. The Labute approximate surface area is 113 Å². The molecule has 1 aromatic carbocycles. The van der Waals surface area contributed by atoms with Gasteiger partial charge in [-0.15, -0.1) is 13.2 Å². The zero-order chi connectivity index (χ0) is 14.4. The molecule has 0 aliphatic rings. The SMILES string of the molecule is FC(F)(F)Oc1cccc(CNCc2cccnn2)c1. The summed E-state index contributed by atoms with van der Waals surface area (Å²) in [5, 5.41) is 10.7. The molecule has 1 N–H and O–H groups in total. The molecule has 0 unspecified atom stereocenters. The first-order valence-electron chi connectivity index (χ1n) is 5.85. The minimum absolute atomic E-state index is 0.226. The van der Waals surface area contributed by atoms with Crippen molar-refractivity contribution in [3.63, 3.8) is 0 Å². The third-order valence-corrected chi connectivity index (χ3v) is 2.39. The fourth-order valence-corrected chi connectivity index (χ4v) is 1.62. The van der Waals surface area contributed by atoms with Crippen LogP contribution in [0.5, 0.6) is 5.75 Å². The molecule has 2 rings (SSSR count). The molecule has 0 bridgehead atoms. The van der Waals surface area contributed by atoms with E-state index in [4.69, 9.17) is 0 Å². The van der Waals surface area contributed by atoms with Crippen molar-refractivity contribution in [2.75, 3.05) is 0 Å².